The van der Waals surface area contributed by atoms with Crippen molar-refractivity contribution in [1.82, 2.24) is 4.98 Å². The van der Waals surface area contributed by atoms with Gasteiger partial charge in [0.2, 0.25) is 0 Å². The first-order chi connectivity index (χ1) is 11.8. The molecule has 2 nitrogen and oxygen atoms in total. The number of rotatable bonds is 4. The molecule has 4 aromatic rings. The number of benzene rings is 2. The second kappa shape index (κ2) is 6.51. The second-order valence-corrected chi connectivity index (χ2v) is 7.27. The summed E-state index contributed by atoms with van der Waals surface area (Å²) < 4.78 is 1.09. The molecule has 0 amide bonds. The third kappa shape index (κ3) is 2.94. The number of ketones is 1. The lowest BCUT2D eigenvalue weighted by Crippen LogP contribution is -2.02. The lowest BCUT2D eigenvalue weighted by atomic mass is 10.0. The van der Waals surface area contributed by atoms with E-state index in [2.05, 4.69) is 4.98 Å². The van der Waals surface area contributed by atoms with Crippen LogP contribution in [0.15, 0.2) is 72.1 Å². The average Bonchev–Trinajstić information content (AvgIpc) is 3.29. The fourth-order valence-corrected chi connectivity index (χ4v) is 4.11. The Hall–Kier alpha value is -2.56. The molecule has 0 spiro atoms. The molecule has 2 aromatic carbocycles. The number of fused-ring (bicyclic) bond motifs is 1. The molecule has 0 atom stereocenters. The van der Waals surface area contributed by atoms with Gasteiger partial charge in [0, 0.05) is 10.4 Å². The van der Waals surface area contributed by atoms with Crippen molar-refractivity contribution >= 4 is 50.3 Å². The Kier molecular flexibility index (Phi) is 4.07. The molecule has 4 rings (SSSR count). The van der Waals surface area contributed by atoms with Crippen LogP contribution in [0.4, 0.5) is 0 Å². The molecule has 0 radical (unpaired) electrons. The zero-order valence-corrected chi connectivity index (χ0v) is 14.3. The van der Waals surface area contributed by atoms with Gasteiger partial charge in [0.1, 0.15) is 5.01 Å². The number of carbonyl (C=O) groups is 1. The third-order valence-electron chi connectivity index (χ3n) is 3.63. The number of thiazole rings is 1. The van der Waals surface area contributed by atoms with E-state index in [-0.39, 0.29) is 5.78 Å². The minimum atomic E-state index is 0.00283. The molecule has 116 valence electrons. The van der Waals surface area contributed by atoms with Crippen molar-refractivity contribution in [1.29, 1.82) is 0 Å². The number of Topliss-reactive ketones (excluding diaryl/α,β-unsaturated/α-hetero) is 1. The fourth-order valence-electron chi connectivity index (χ4n) is 2.47. The number of hydrogen-bond acceptors (Lipinski definition) is 4. The minimum Gasteiger partial charge on any atom is -0.288 e. The summed E-state index contributed by atoms with van der Waals surface area (Å²) in [5.41, 5.74) is 2.25. The van der Waals surface area contributed by atoms with Gasteiger partial charge in [-0.25, -0.2) is 4.98 Å². The topological polar surface area (TPSA) is 30.0 Å². The number of para-hydroxylation sites is 1. The largest absolute Gasteiger partial charge is 0.288 e. The molecule has 24 heavy (non-hydrogen) atoms. The van der Waals surface area contributed by atoms with Gasteiger partial charge in [-0.1, -0.05) is 48.5 Å². The smallest absolute Gasteiger partial charge is 0.196 e. The Morgan fingerprint density at radius 1 is 0.917 bits per heavy atom. The highest BCUT2D eigenvalue weighted by molar-refractivity contribution is 7.20. The predicted molar refractivity (Wildman–Crippen MR) is 103 cm³/mol. The molecule has 0 N–H and O–H groups in total. The molecule has 0 aliphatic heterocycles. The van der Waals surface area contributed by atoms with Crippen LogP contribution in [0, 0.1) is 0 Å². The minimum absolute atomic E-state index is 0.00283. The third-order valence-corrected chi connectivity index (χ3v) is 5.52. The maximum atomic E-state index is 13.1. The first-order valence-corrected chi connectivity index (χ1v) is 9.22. The van der Waals surface area contributed by atoms with Crippen molar-refractivity contribution in [3.63, 3.8) is 0 Å². The van der Waals surface area contributed by atoms with Gasteiger partial charge in [-0.15, -0.1) is 22.7 Å². The summed E-state index contributed by atoms with van der Waals surface area (Å²) in [5.74, 6) is 0.00283. The van der Waals surface area contributed by atoms with Crippen LogP contribution in [0.2, 0.25) is 0 Å². The zero-order valence-electron chi connectivity index (χ0n) is 12.7. The molecular formula is C20H13NOS2. The van der Waals surface area contributed by atoms with E-state index >= 15 is 0 Å². The van der Waals surface area contributed by atoms with Crippen LogP contribution in [0.3, 0.4) is 0 Å². The normalized spacial score (nSPS) is 11.8. The van der Waals surface area contributed by atoms with Crippen molar-refractivity contribution < 1.29 is 4.79 Å². The Morgan fingerprint density at radius 2 is 1.71 bits per heavy atom. The Bertz CT molecular complexity index is 981. The standard InChI is InChI=1S/C20H13NOS2/c22-19(14-7-2-1-3-8-14)16(13-15-9-6-12-23-15)20-21-17-10-4-5-11-18(17)24-20/h1-13H/b16-13-. The predicted octanol–water partition coefficient (Wildman–Crippen LogP) is 5.78. The van der Waals surface area contributed by atoms with Crippen LogP contribution in [0.25, 0.3) is 21.9 Å². The molecule has 0 bridgehead atoms. The van der Waals surface area contributed by atoms with Crippen molar-refractivity contribution in [2.24, 2.45) is 0 Å². The molecule has 0 aliphatic rings. The van der Waals surface area contributed by atoms with Gasteiger partial charge in [0.15, 0.2) is 5.78 Å². The summed E-state index contributed by atoms with van der Waals surface area (Å²) in [4.78, 5) is 18.8. The van der Waals surface area contributed by atoms with Gasteiger partial charge in [0.25, 0.3) is 0 Å². The van der Waals surface area contributed by atoms with Gasteiger partial charge in [-0.05, 0) is 29.7 Å². The summed E-state index contributed by atoms with van der Waals surface area (Å²) in [6.07, 6.45) is 1.94. The first-order valence-electron chi connectivity index (χ1n) is 7.52. The van der Waals surface area contributed by atoms with Gasteiger partial charge < -0.3 is 0 Å². The van der Waals surface area contributed by atoms with Crippen LogP contribution >= 0.6 is 22.7 Å². The quantitative estimate of drug-likeness (QED) is 0.346. The van der Waals surface area contributed by atoms with Crippen molar-refractivity contribution in [3.8, 4) is 0 Å². The molecule has 2 heterocycles. The van der Waals surface area contributed by atoms with E-state index in [1.807, 2.05) is 78.2 Å². The van der Waals surface area contributed by atoms with Crippen LogP contribution in [0.1, 0.15) is 20.2 Å². The highest BCUT2D eigenvalue weighted by Crippen LogP contribution is 2.31. The van der Waals surface area contributed by atoms with Crippen molar-refractivity contribution in [2.75, 3.05) is 0 Å². The van der Waals surface area contributed by atoms with Crippen molar-refractivity contribution in [3.05, 3.63) is 87.6 Å². The molecule has 2 aromatic heterocycles. The summed E-state index contributed by atoms with van der Waals surface area (Å²) >= 11 is 3.17. The Labute approximate surface area is 147 Å². The van der Waals surface area contributed by atoms with E-state index in [0.29, 0.717) is 11.1 Å². The lowest BCUT2D eigenvalue weighted by Gasteiger charge is -2.03. The average molecular weight is 347 g/mol. The highest BCUT2D eigenvalue weighted by atomic mass is 32.1. The molecule has 0 aliphatic carbocycles. The fraction of sp³-hybridized carbons (Fsp3) is 0. The van der Waals surface area contributed by atoms with Crippen LogP contribution in [-0.4, -0.2) is 10.8 Å². The number of allylic oxidation sites excluding steroid dienone is 1. The second-order valence-electron chi connectivity index (χ2n) is 5.26. The zero-order chi connectivity index (χ0) is 16.4. The number of carbonyl (C=O) groups excluding carboxylic acids is 1. The van der Waals surface area contributed by atoms with E-state index < -0.39 is 0 Å². The van der Waals surface area contributed by atoms with Gasteiger partial charge in [-0.3, -0.25) is 4.79 Å². The van der Waals surface area contributed by atoms with Gasteiger partial charge in [-0.2, -0.15) is 0 Å². The monoisotopic (exact) mass is 347 g/mol. The summed E-state index contributed by atoms with van der Waals surface area (Å²) in [7, 11) is 0. The Balaban J connectivity index is 1.86. The van der Waals surface area contributed by atoms with E-state index in [9.17, 15) is 4.79 Å². The maximum Gasteiger partial charge on any atom is 0.196 e. The Morgan fingerprint density at radius 3 is 2.46 bits per heavy atom. The SMILES string of the molecule is O=C(/C(=C/c1cccs1)c1nc2ccccc2s1)c1ccccc1. The van der Waals surface area contributed by atoms with Crippen LogP contribution in [-0.2, 0) is 0 Å². The summed E-state index contributed by atoms with van der Waals surface area (Å²) in [6.45, 7) is 0. The highest BCUT2D eigenvalue weighted by Gasteiger charge is 2.18. The van der Waals surface area contributed by atoms with E-state index in [1.165, 1.54) is 0 Å². The summed E-state index contributed by atoms with van der Waals surface area (Å²) in [5, 5.41) is 2.77. The molecule has 0 fully saturated rings. The van der Waals surface area contributed by atoms with Crippen LogP contribution < -0.4 is 0 Å². The molecule has 0 unspecified atom stereocenters. The number of hydrogen-bond donors (Lipinski definition) is 0. The first kappa shape index (κ1) is 15.0. The molecule has 0 saturated heterocycles. The van der Waals surface area contributed by atoms with Crippen molar-refractivity contribution in [2.45, 2.75) is 0 Å². The van der Waals surface area contributed by atoms with Gasteiger partial charge >= 0.3 is 0 Å². The molecule has 4 heteroatoms. The number of nitrogens with zero attached hydrogens (tertiary/aromatic N) is 1. The number of thiophene rings is 1. The van der Waals surface area contributed by atoms with E-state index in [1.54, 1.807) is 22.7 Å². The lowest BCUT2D eigenvalue weighted by molar-refractivity contribution is 0.105. The maximum absolute atomic E-state index is 13.1. The van der Waals surface area contributed by atoms with Gasteiger partial charge in [0.05, 0.1) is 15.8 Å². The molecular weight excluding hydrogens is 334 g/mol. The molecule has 0 saturated carbocycles. The summed E-state index contributed by atoms with van der Waals surface area (Å²) in [6, 6.07) is 21.3. The van der Waals surface area contributed by atoms with Crippen LogP contribution in [0.5, 0.6) is 0 Å². The van der Waals surface area contributed by atoms with E-state index in [0.717, 1.165) is 20.1 Å². The number of aromatic nitrogens is 1. The van der Waals surface area contributed by atoms with E-state index in [4.69, 9.17) is 0 Å².